The molecule has 1 N–H and O–H groups in total. The Bertz CT molecular complexity index is 612. The normalized spacial score (nSPS) is 9.81. The molecule has 0 aliphatic rings. The molecule has 0 heterocycles. The Morgan fingerprint density at radius 1 is 1.29 bits per heavy atom. The number of rotatable bonds is 5. The summed E-state index contributed by atoms with van der Waals surface area (Å²) in [5, 5.41) is 19.4. The number of carboxylic acids is 1. The number of hydrogen-bond donors (Lipinski definition) is 1. The van der Waals surface area contributed by atoms with Crippen molar-refractivity contribution in [2.75, 3.05) is 20.7 Å². The van der Waals surface area contributed by atoms with Crippen molar-refractivity contribution in [1.29, 1.82) is 0 Å². The SMILES string of the molecule is COC(=O)c1cc(C(=O)N(C)CC(=O)O)cc([N+](=O)[O-])c1. The minimum atomic E-state index is -1.23. The third kappa shape index (κ3) is 4.00. The average molecular weight is 296 g/mol. The van der Waals surface area contributed by atoms with E-state index in [9.17, 15) is 24.5 Å². The first kappa shape index (κ1) is 16.1. The molecule has 0 aliphatic heterocycles. The quantitative estimate of drug-likeness (QED) is 0.477. The van der Waals surface area contributed by atoms with Crippen LogP contribution in [0.15, 0.2) is 18.2 Å². The van der Waals surface area contributed by atoms with Crippen LogP contribution in [0.25, 0.3) is 0 Å². The largest absolute Gasteiger partial charge is 0.480 e. The third-order valence-electron chi connectivity index (χ3n) is 2.52. The molecule has 1 aromatic carbocycles. The molecule has 0 radical (unpaired) electrons. The van der Waals surface area contributed by atoms with Crippen LogP contribution in [0.1, 0.15) is 20.7 Å². The van der Waals surface area contributed by atoms with Gasteiger partial charge in [-0.1, -0.05) is 0 Å². The van der Waals surface area contributed by atoms with Gasteiger partial charge < -0.3 is 14.7 Å². The van der Waals surface area contributed by atoms with Gasteiger partial charge in [0, 0.05) is 24.7 Å². The Morgan fingerprint density at radius 2 is 1.86 bits per heavy atom. The number of amides is 1. The average Bonchev–Trinajstić information content (AvgIpc) is 2.44. The molecule has 1 amide bonds. The van der Waals surface area contributed by atoms with Crippen LogP contribution in [-0.4, -0.2) is 53.5 Å². The lowest BCUT2D eigenvalue weighted by Gasteiger charge is -2.14. The Kier molecular flexibility index (Phi) is 4.95. The summed E-state index contributed by atoms with van der Waals surface area (Å²) in [6, 6.07) is 3.05. The molecule has 1 rings (SSSR count). The van der Waals surface area contributed by atoms with Crippen LogP contribution in [0.5, 0.6) is 0 Å². The van der Waals surface area contributed by atoms with Gasteiger partial charge in [-0.25, -0.2) is 4.79 Å². The van der Waals surface area contributed by atoms with E-state index < -0.39 is 35.0 Å². The Morgan fingerprint density at radius 3 is 2.33 bits per heavy atom. The van der Waals surface area contributed by atoms with Gasteiger partial charge in [0.25, 0.3) is 11.6 Å². The van der Waals surface area contributed by atoms with E-state index >= 15 is 0 Å². The number of hydrogen-bond acceptors (Lipinski definition) is 6. The molecule has 0 bridgehead atoms. The van der Waals surface area contributed by atoms with Crippen LogP contribution < -0.4 is 0 Å². The fourth-order valence-electron chi connectivity index (χ4n) is 1.57. The summed E-state index contributed by atoms with van der Waals surface area (Å²) in [7, 11) is 2.33. The predicted octanol–water partition coefficient (Wildman–Crippen LogP) is 0.538. The number of carbonyl (C=O) groups is 3. The number of carboxylic acid groups (broad SMARTS) is 1. The van der Waals surface area contributed by atoms with Crippen LogP contribution in [0.2, 0.25) is 0 Å². The molecule has 21 heavy (non-hydrogen) atoms. The first-order valence-electron chi connectivity index (χ1n) is 5.61. The van der Waals surface area contributed by atoms with Crippen molar-refractivity contribution in [3.63, 3.8) is 0 Å². The topological polar surface area (TPSA) is 127 Å². The van der Waals surface area contributed by atoms with Gasteiger partial charge in [-0.2, -0.15) is 0 Å². The van der Waals surface area contributed by atoms with Gasteiger partial charge in [-0.3, -0.25) is 19.7 Å². The number of esters is 1. The number of nitrogens with zero attached hydrogens (tertiary/aromatic N) is 2. The predicted molar refractivity (Wildman–Crippen MR) is 69.0 cm³/mol. The maximum Gasteiger partial charge on any atom is 0.338 e. The lowest BCUT2D eigenvalue weighted by molar-refractivity contribution is -0.384. The molecule has 0 aliphatic carbocycles. The molecule has 0 unspecified atom stereocenters. The Balaban J connectivity index is 3.25. The van der Waals surface area contributed by atoms with Crippen molar-refractivity contribution in [2.24, 2.45) is 0 Å². The molecule has 0 atom stereocenters. The number of methoxy groups -OCH3 is 1. The second-order valence-corrected chi connectivity index (χ2v) is 4.07. The summed E-state index contributed by atoms with van der Waals surface area (Å²) in [4.78, 5) is 44.9. The fourth-order valence-corrected chi connectivity index (χ4v) is 1.57. The molecule has 0 saturated heterocycles. The van der Waals surface area contributed by atoms with Crippen LogP contribution >= 0.6 is 0 Å². The van der Waals surface area contributed by atoms with Crippen LogP contribution in [-0.2, 0) is 9.53 Å². The molecular formula is C12H12N2O7. The van der Waals surface area contributed by atoms with Gasteiger partial charge in [0.05, 0.1) is 17.6 Å². The lowest BCUT2D eigenvalue weighted by atomic mass is 10.1. The maximum absolute atomic E-state index is 12.0. The van der Waals surface area contributed by atoms with E-state index in [0.717, 1.165) is 30.2 Å². The number of likely N-dealkylation sites (N-methyl/N-ethyl adjacent to an activating group) is 1. The number of ether oxygens (including phenoxy) is 1. The third-order valence-corrected chi connectivity index (χ3v) is 2.52. The summed E-state index contributed by atoms with van der Waals surface area (Å²) in [5.41, 5.74) is -0.808. The van der Waals surface area contributed by atoms with Gasteiger partial charge in [0.1, 0.15) is 6.54 Å². The highest BCUT2D eigenvalue weighted by Gasteiger charge is 2.21. The van der Waals surface area contributed by atoms with E-state index in [-0.39, 0.29) is 11.1 Å². The fraction of sp³-hybridized carbons (Fsp3) is 0.250. The number of aliphatic carboxylic acids is 1. The zero-order valence-electron chi connectivity index (χ0n) is 11.2. The molecule has 1 aromatic rings. The molecule has 9 nitrogen and oxygen atoms in total. The smallest absolute Gasteiger partial charge is 0.338 e. The van der Waals surface area contributed by atoms with Crippen LogP contribution in [0.4, 0.5) is 5.69 Å². The van der Waals surface area contributed by atoms with Crippen molar-refractivity contribution in [1.82, 2.24) is 4.90 Å². The van der Waals surface area contributed by atoms with Crippen molar-refractivity contribution < 1.29 is 29.2 Å². The number of nitro groups is 1. The molecular weight excluding hydrogens is 284 g/mol. The molecule has 0 fully saturated rings. The maximum atomic E-state index is 12.0. The van der Waals surface area contributed by atoms with Crippen molar-refractivity contribution in [3.8, 4) is 0 Å². The summed E-state index contributed by atoms with van der Waals surface area (Å²) < 4.78 is 4.45. The summed E-state index contributed by atoms with van der Waals surface area (Å²) in [5.74, 6) is -2.83. The highest BCUT2D eigenvalue weighted by molar-refractivity contribution is 5.99. The van der Waals surface area contributed by atoms with Crippen LogP contribution in [0, 0.1) is 10.1 Å². The van der Waals surface area contributed by atoms with Crippen molar-refractivity contribution in [2.45, 2.75) is 0 Å². The summed E-state index contributed by atoms with van der Waals surface area (Å²) in [6.45, 7) is -0.574. The van der Waals surface area contributed by atoms with Gasteiger partial charge in [0.15, 0.2) is 0 Å². The zero-order valence-corrected chi connectivity index (χ0v) is 11.2. The molecule has 112 valence electrons. The van der Waals surface area contributed by atoms with Gasteiger partial charge in [-0.15, -0.1) is 0 Å². The molecule has 0 spiro atoms. The van der Waals surface area contributed by atoms with Gasteiger partial charge >= 0.3 is 11.9 Å². The zero-order chi connectivity index (χ0) is 16.2. The second kappa shape index (κ2) is 6.46. The number of non-ortho nitro benzene ring substituents is 1. The minimum Gasteiger partial charge on any atom is -0.480 e. The van der Waals surface area contributed by atoms with E-state index in [1.807, 2.05) is 0 Å². The second-order valence-electron chi connectivity index (χ2n) is 4.07. The highest BCUT2D eigenvalue weighted by atomic mass is 16.6. The number of carbonyl (C=O) groups excluding carboxylic acids is 2. The van der Waals surface area contributed by atoms with E-state index in [1.54, 1.807) is 0 Å². The minimum absolute atomic E-state index is 0.168. The summed E-state index contributed by atoms with van der Waals surface area (Å²) in [6.07, 6.45) is 0. The van der Waals surface area contributed by atoms with E-state index in [1.165, 1.54) is 7.05 Å². The van der Waals surface area contributed by atoms with Gasteiger partial charge in [0.2, 0.25) is 0 Å². The molecule has 9 heteroatoms. The standard InChI is InChI=1S/C12H12N2O7/c1-13(6-10(15)16)11(17)7-3-8(12(18)21-2)5-9(4-7)14(19)20/h3-5H,6H2,1-2H3,(H,15,16). The van der Waals surface area contributed by atoms with Crippen molar-refractivity contribution in [3.05, 3.63) is 39.4 Å². The Labute approximate surface area is 118 Å². The van der Waals surface area contributed by atoms with Gasteiger partial charge in [-0.05, 0) is 6.07 Å². The summed E-state index contributed by atoms with van der Waals surface area (Å²) >= 11 is 0. The molecule has 0 aromatic heterocycles. The lowest BCUT2D eigenvalue weighted by Crippen LogP contribution is -2.32. The van der Waals surface area contributed by atoms with E-state index in [0.29, 0.717) is 0 Å². The molecule has 0 saturated carbocycles. The first-order valence-corrected chi connectivity index (χ1v) is 5.61. The van der Waals surface area contributed by atoms with E-state index in [4.69, 9.17) is 5.11 Å². The number of nitro benzene ring substituents is 1. The van der Waals surface area contributed by atoms with Crippen LogP contribution in [0.3, 0.4) is 0 Å². The van der Waals surface area contributed by atoms with E-state index in [2.05, 4.69) is 4.74 Å². The monoisotopic (exact) mass is 296 g/mol. The van der Waals surface area contributed by atoms with Crippen molar-refractivity contribution >= 4 is 23.5 Å². The Hall–Kier alpha value is -2.97. The highest BCUT2D eigenvalue weighted by Crippen LogP contribution is 2.19. The first-order chi connectivity index (χ1) is 9.76. The number of benzene rings is 1.